The average Bonchev–Trinajstić information content (AvgIpc) is 3.08. The third kappa shape index (κ3) is 4.53. The van der Waals surface area contributed by atoms with Crippen LogP contribution in [0.15, 0.2) is 0 Å². The van der Waals surface area contributed by atoms with Crippen molar-refractivity contribution < 1.29 is 32.3 Å². The van der Waals surface area contributed by atoms with Crippen molar-refractivity contribution in [2.45, 2.75) is 26.4 Å². The van der Waals surface area contributed by atoms with E-state index in [-0.39, 0.29) is 27.6 Å². The third-order valence-corrected chi connectivity index (χ3v) is 5.29. The Balaban J connectivity index is 2.48. The lowest BCUT2D eigenvalue weighted by molar-refractivity contribution is -0.141. The van der Waals surface area contributed by atoms with Crippen molar-refractivity contribution in [3.8, 4) is 0 Å². The number of hydrogen-bond donors (Lipinski definition) is 2. The molecule has 158 valence electrons. The van der Waals surface area contributed by atoms with E-state index >= 15 is 0 Å². The zero-order valence-electron chi connectivity index (χ0n) is 15.4. The average molecular weight is 453 g/mol. The number of nitrogens with zero attached hydrogens (tertiary/aromatic N) is 2. The second-order valence-corrected chi connectivity index (χ2v) is 7.25. The molecule has 3 N–H and O–H groups in total. The zero-order valence-corrected chi connectivity index (χ0v) is 17.0. The summed E-state index contributed by atoms with van der Waals surface area (Å²) in [7, 11) is 1.11. The summed E-state index contributed by atoms with van der Waals surface area (Å²) in [6.07, 6.45) is -4.33. The molecule has 13 heteroatoms. The van der Waals surface area contributed by atoms with E-state index in [1.807, 2.05) is 0 Å². The van der Waals surface area contributed by atoms with Crippen LogP contribution in [0.25, 0.3) is 0 Å². The predicted molar refractivity (Wildman–Crippen MR) is 99.3 cm³/mol. The van der Waals surface area contributed by atoms with Crippen molar-refractivity contribution in [1.29, 1.82) is 0 Å². The van der Waals surface area contributed by atoms with Gasteiger partial charge in [0.15, 0.2) is 5.69 Å². The summed E-state index contributed by atoms with van der Waals surface area (Å²) in [6, 6.07) is 0. The molecule has 2 aromatic heterocycles. The maximum absolute atomic E-state index is 13.0. The number of aryl methyl sites for hydroxylation is 1. The third-order valence-electron chi connectivity index (χ3n) is 3.71. The van der Waals surface area contributed by atoms with Gasteiger partial charge in [-0.15, -0.1) is 11.3 Å². The molecule has 2 heterocycles. The summed E-state index contributed by atoms with van der Waals surface area (Å²) in [4.78, 5) is 36.6. The lowest BCUT2D eigenvalue weighted by atomic mass is 10.1. The van der Waals surface area contributed by atoms with Crippen LogP contribution in [0.4, 0.5) is 18.2 Å². The van der Waals surface area contributed by atoms with Gasteiger partial charge in [-0.2, -0.15) is 18.3 Å². The number of ether oxygens (including phenoxy) is 1. The maximum Gasteiger partial charge on any atom is 0.436 e. The fraction of sp³-hybridized carbons (Fsp3) is 0.375. The number of halogens is 4. The van der Waals surface area contributed by atoms with Crippen molar-refractivity contribution in [2.75, 3.05) is 11.9 Å². The van der Waals surface area contributed by atoms with Crippen molar-refractivity contribution in [1.82, 2.24) is 9.78 Å². The topological polar surface area (TPSA) is 116 Å². The molecule has 2 rings (SSSR count). The Morgan fingerprint density at radius 2 is 1.97 bits per heavy atom. The number of esters is 1. The summed E-state index contributed by atoms with van der Waals surface area (Å²) >= 11 is 6.41. The molecule has 0 fully saturated rings. The van der Waals surface area contributed by atoms with E-state index in [9.17, 15) is 27.6 Å². The van der Waals surface area contributed by atoms with Crippen LogP contribution in [-0.2, 0) is 18.0 Å². The number of anilines is 1. The largest absolute Gasteiger partial charge is 0.462 e. The van der Waals surface area contributed by atoms with Gasteiger partial charge in [-0.25, -0.2) is 4.79 Å². The van der Waals surface area contributed by atoms with E-state index in [4.69, 9.17) is 22.1 Å². The number of carbonyl (C=O) groups excluding carboxylic acids is 3. The number of primary amides is 1. The van der Waals surface area contributed by atoms with Crippen LogP contribution >= 0.6 is 22.9 Å². The molecule has 2 aromatic rings. The van der Waals surface area contributed by atoms with Gasteiger partial charge >= 0.3 is 12.1 Å². The van der Waals surface area contributed by atoms with Crippen molar-refractivity contribution in [2.24, 2.45) is 12.8 Å². The molecule has 0 aliphatic rings. The SMILES string of the molecule is CCCOC(=O)c1c(NC(=O)c2c(Cl)c(C(F)(F)F)nn2C)sc(C(N)=O)c1C. The monoisotopic (exact) mass is 452 g/mol. The number of carbonyl (C=O) groups is 3. The Morgan fingerprint density at radius 1 is 1.34 bits per heavy atom. The van der Waals surface area contributed by atoms with Gasteiger partial charge in [-0.3, -0.25) is 14.3 Å². The molecular formula is C16H16ClF3N4O4S. The first-order valence-corrected chi connectivity index (χ1v) is 9.30. The number of thiophene rings is 1. The Kier molecular flexibility index (Phi) is 6.58. The molecule has 0 spiro atoms. The van der Waals surface area contributed by atoms with Crippen molar-refractivity contribution >= 4 is 45.7 Å². The van der Waals surface area contributed by atoms with E-state index in [0.717, 1.165) is 7.05 Å². The number of amides is 2. The molecule has 0 saturated carbocycles. The summed E-state index contributed by atoms with van der Waals surface area (Å²) in [6.45, 7) is 3.30. The molecule has 0 unspecified atom stereocenters. The lowest BCUT2D eigenvalue weighted by Crippen LogP contribution is -2.18. The summed E-state index contributed by atoms with van der Waals surface area (Å²) in [5.41, 5.74) is 3.37. The minimum atomic E-state index is -4.86. The first-order valence-electron chi connectivity index (χ1n) is 8.11. The highest BCUT2D eigenvalue weighted by Gasteiger charge is 2.40. The van der Waals surface area contributed by atoms with Gasteiger partial charge in [0, 0.05) is 7.05 Å². The number of aromatic nitrogens is 2. The Labute approximate surface area is 171 Å². The first kappa shape index (κ1) is 22.7. The quantitative estimate of drug-likeness (QED) is 0.652. The van der Waals surface area contributed by atoms with Gasteiger partial charge in [-0.05, 0) is 18.9 Å². The van der Waals surface area contributed by atoms with E-state index in [1.54, 1.807) is 6.92 Å². The first-order chi connectivity index (χ1) is 13.4. The molecule has 0 saturated heterocycles. The van der Waals surface area contributed by atoms with Gasteiger partial charge in [-0.1, -0.05) is 18.5 Å². The summed E-state index contributed by atoms with van der Waals surface area (Å²) in [5, 5.41) is 4.54. The number of hydrogen-bond acceptors (Lipinski definition) is 6. The van der Waals surface area contributed by atoms with Gasteiger partial charge in [0.1, 0.15) is 15.7 Å². The molecule has 29 heavy (non-hydrogen) atoms. The number of nitrogens with one attached hydrogen (secondary N) is 1. The molecule has 0 aliphatic heterocycles. The Hall–Kier alpha value is -2.60. The fourth-order valence-electron chi connectivity index (χ4n) is 2.44. The summed E-state index contributed by atoms with van der Waals surface area (Å²) in [5.74, 6) is -2.70. The van der Waals surface area contributed by atoms with Crippen molar-refractivity contribution in [3.05, 3.63) is 32.4 Å². The van der Waals surface area contributed by atoms with Gasteiger partial charge < -0.3 is 15.8 Å². The molecule has 0 atom stereocenters. The normalized spacial score (nSPS) is 11.4. The van der Waals surface area contributed by atoms with E-state index < -0.39 is 40.4 Å². The fourth-order valence-corrected chi connectivity index (χ4v) is 3.83. The van der Waals surface area contributed by atoms with Gasteiger partial charge in [0.2, 0.25) is 0 Å². The van der Waals surface area contributed by atoms with E-state index in [2.05, 4.69) is 10.4 Å². The van der Waals surface area contributed by atoms with Gasteiger partial charge in [0.05, 0.1) is 17.0 Å². The second-order valence-electron chi connectivity index (χ2n) is 5.85. The molecule has 2 amide bonds. The van der Waals surface area contributed by atoms with Crippen LogP contribution in [0.2, 0.25) is 5.02 Å². The highest BCUT2D eigenvalue weighted by atomic mass is 35.5. The minimum Gasteiger partial charge on any atom is -0.462 e. The minimum absolute atomic E-state index is 0.00386. The lowest BCUT2D eigenvalue weighted by Gasteiger charge is -2.08. The number of alkyl halides is 3. The van der Waals surface area contributed by atoms with Crippen LogP contribution in [0.3, 0.4) is 0 Å². The molecule has 0 aromatic carbocycles. The Morgan fingerprint density at radius 3 is 2.45 bits per heavy atom. The Bertz CT molecular complexity index is 984. The molecule has 8 nitrogen and oxygen atoms in total. The van der Waals surface area contributed by atoms with Gasteiger partial charge in [0.25, 0.3) is 11.8 Å². The molecule has 0 bridgehead atoms. The van der Waals surface area contributed by atoms with E-state index in [1.165, 1.54) is 6.92 Å². The van der Waals surface area contributed by atoms with Crippen LogP contribution in [-0.4, -0.2) is 34.2 Å². The second kappa shape index (κ2) is 8.41. The maximum atomic E-state index is 13.0. The highest BCUT2D eigenvalue weighted by molar-refractivity contribution is 7.18. The summed E-state index contributed by atoms with van der Waals surface area (Å²) < 4.78 is 44.6. The number of rotatable bonds is 6. The van der Waals surface area contributed by atoms with E-state index in [0.29, 0.717) is 22.4 Å². The number of nitrogens with two attached hydrogens (primary N) is 1. The molecular weight excluding hydrogens is 437 g/mol. The zero-order chi connectivity index (χ0) is 22.1. The van der Waals surface area contributed by atoms with Crippen molar-refractivity contribution in [3.63, 3.8) is 0 Å². The smallest absolute Gasteiger partial charge is 0.436 e. The van der Waals surface area contributed by atoms with Crippen LogP contribution < -0.4 is 11.1 Å². The van der Waals surface area contributed by atoms with Crippen LogP contribution in [0, 0.1) is 6.92 Å². The van der Waals surface area contributed by atoms with Crippen LogP contribution in [0.5, 0.6) is 0 Å². The standard InChI is InChI=1S/C16H16ClF3N4O4S/c1-4-5-28-15(27)7-6(2)10(12(21)25)29-14(7)22-13(26)9-8(17)11(16(18,19)20)23-24(9)3/h4-5H2,1-3H3,(H2,21,25)(H,22,26). The molecule has 0 radical (unpaired) electrons. The van der Waals surface area contributed by atoms with Crippen LogP contribution in [0.1, 0.15) is 55.1 Å². The predicted octanol–water partition coefficient (Wildman–Crippen LogP) is 3.38. The molecule has 0 aliphatic carbocycles. The highest BCUT2D eigenvalue weighted by Crippen LogP contribution is 2.37.